The van der Waals surface area contributed by atoms with E-state index in [9.17, 15) is 4.79 Å². The van der Waals surface area contributed by atoms with Crippen molar-refractivity contribution in [2.45, 2.75) is 39.2 Å². The number of benzene rings is 1. The summed E-state index contributed by atoms with van der Waals surface area (Å²) in [5, 5.41) is 3.64. The fraction of sp³-hybridized carbons (Fsp3) is 0.462. The summed E-state index contributed by atoms with van der Waals surface area (Å²) in [6.07, 6.45) is 0.935. The van der Waals surface area contributed by atoms with Crippen molar-refractivity contribution in [1.29, 1.82) is 0 Å². The van der Waals surface area contributed by atoms with Crippen molar-refractivity contribution in [3.05, 3.63) is 27.7 Å². The predicted molar refractivity (Wildman–Crippen MR) is 77.3 cm³/mol. The van der Waals surface area contributed by atoms with Gasteiger partial charge in [-0.25, -0.2) is 0 Å². The number of carbonyl (C=O) groups is 1. The van der Waals surface area contributed by atoms with E-state index in [4.69, 9.17) is 28.9 Å². The zero-order valence-electron chi connectivity index (χ0n) is 10.8. The standard InChI is InChI=1S/C13H18Cl2N2O/c1-8-4-5-9(14)12(11(8)15)17-10(18)6-7-13(2,3)16/h4-5H,6-7,16H2,1-3H3,(H,17,18). The number of nitrogens with one attached hydrogen (secondary N) is 1. The van der Waals surface area contributed by atoms with Crippen LogP contribution in [0.4, 0.5) is 5.69 Å². The number of amides is 1. The number of halogens is 2. The molecule has 100 valence electrons. The molecule has 0 saturated heterocycles. The molecule has 3 N–H and O–H groups in total. The van der Waals surface area contributed by atoms with Crippen LogP contribution in [-0.2, 0) is 4.79 Å². The second-order valence-electron chi connectivity index (χ2n) is 5.09. The van der Waals surface area contributed by atoms with Gasteiger partial charge in [0.1, 0.15) is 0 Å². The molecule has 0 aliphatic rings. The molecule has 18 heavy (non-hydrogen) atoms. The normalized spacial score (nSPS) is 11.4. The monoisotopic (exact) mass is 288 g/mol. The molecule has 0 spiro atoms. The third kappa shape index (κ3) is 4.48. The lowest BCUT2D eigenvalue weighted by atomic mass is 10.00. The third-order valence-corrected chi connectivity index (χ3v) is 3.35. The first-order valence-electron chi connectivity index (χ1n) is 5.74. The largest absolute Gasteiger partial charge is 0.326 e. The topological polar surface area (TPSA) is 55.1 Å². The van der Waals surface area contributed by atoms with Crippen LogP contribution in [0.25, 0.3) is 0 Å². The highest BCUT2D eigenvalue weighted by atomic mass is 35.5. The SMILES string of the molecule is Cc1ccc(Cl)c(NC(=O)CCC(C)(C)N)c1Cl. The Bertz CT molecular complexity index is 453. The third-order valence-electron chi connectivity index (χ3n) is 2.55. The number of hydrogen-bond donors (Lipinski definition) is 2. The maximum Gasteiger partial charge on any atom is 0.224 e. The number of aryl methyl sites for hydroxylation is 1. The molecule has 5 heteroatoms. The molecule has 1 amide bonds. The van der Waals surface area contributed by atoms with Gasteiger partial charge in [0, 0.05) is 12.0 Å². The molecule has 1 rings (SSSR count). The lowest BCUT2D eigenvalue weighted by Gasteiger charge is -2.18. The van der Waals surface area contributed by atoms with Gasteiger partial charge in [0.2, 0.25) is 5.91 Å². The Labute approximate surface area is 118 Å². The molecular weight excluding hydrogens is 271 g/mol. The molecule has 0 heterocycles. The lowest BCUT2D eigenvalue weighted by molar-refractivity contribution is -0.116. The van der Waals surface area contributed by atoms with Gasteiger partial charge in [-0.1, -0.05) is 29.3 Å². The van der Waals surface area contributed by atoms with E-state index >= 15 is 0 Å². The summed E-state index contributed by atoms with van der Waals surface area (Å²) in [7, 11) is 0. The van der Waals surface area contributed by atoms with Gasteiger partial charge in [-0.2, -0.15) is 0 Å². The zero-order valence-corrected chi connectivity index (χ0v) is 12.3. The summed E-state index contributed by atoms with van der Waals surface area (Å²) in [5.74, 6) is -0.136. The summed E-state index contributed by atoms with van der Waals surface area (Å²) in [5.41, 5.74) is 6.81. The fourth-order valence-corrected chi connectivity index (χ4v) is 1.87. The zero-order chi connectivity index (χ0) is 13.9. The average molecular weight is 289 g/mol. The minimum absolute atomic E-state index is 0.136. The molecule has 0 fully saturated rings. The minimum atomic E-state index is -0.364. The second-order valence-corrected chi connectivity index (χ2v) is 5.88. The van der Waals surface area contributed by atoms with Gasteiger partial charge in [-0.3, -0.25) is 4.79 Å². The highest BCUT2D eigenvalue weighted by Crippen LogP contribution is 2.33. The molecule has 0 unspecified atom stereocenters. The number of rotatable bonds is 4. The molecule has 0 radical (unpaired) electrons. The van der Waals surface area contributed by atoms with Crippen LogP contribution in [0.2, 0.25) is 10.0 Å². The van der Waals surface area contributed by atoms with Crippen LogP contribution < -0.4 is 11.1 Å². The lowest BCUT2D eigenvalue weighted by Crippen LogP contribution is -2.33. The molecule has 0 aromatic heterocycles. The first-order chi connectivity index (χ1) is 8.20. The van der Waals surface area contributed by atoms with Gasteiger partial charge in [0.15, 0.2) is 0 Å². The average Bonchev–Trinajstić information content (AvgIpc) is 2.26. The van der Waals surface area contributed by atoms with E-state index in [1.165, 1.54) is 0 Å². The molecule has 1 aromatic carbocycles. The van der Waals surface area contributed by atoms with Crippen LogP contribution >= 0.6 is 23.2 Å². The van der Waals surface area contributed by atoms with Crippen LogP contribution in [0, 0.1) is 6.92 Å². The van der Waals surface area contributed by atoms with Crippen LogP contribution in [-0.4, -0.2) is 11.4 Å². The maximum absolute atomic E-state index is 11.8. The Morgan fingerprint density at radius 2 is 2.00 bits per heavy atom. The molecule has 0 bridgehead atoms. The predicted octanol–water partition coefficient (Wildman–Crippen LogP) is 3.76. The van der Waals surface area contributed by atoms with Gasteiger partial charge in [0.05, 0.1) is 15.7 Å². The Balaban J connectivity index is 2.74. The summed E-state index contributed by atoms with van der Waals surface area (Å²) in [6, 6.07) is 3.52. The van der Waals surface area contributed by atoms with E-state index in [-0.39, 0.29) is 11.4 Å². The van der Waals surface area contributed by atoms with Crippen molar-refractivity contribution in [1.82, 2.24) is 0 Å². The van der Waals surface area contributed by atoms with E-state index in [2.05, 4.69) is 5.32 Å². The smallest absolute Gasteiger partial charge is 0.224 e. The van der Waals surface area contributed by atoms with E-state index in [1.807, 2.05) is 26.8 Å². The molecule has 0 aliphatic heterocycles. The summed E-state index contributed by atoms with van der Waals surface area (Å²) in [6.45, 7) is 5.62. The van der Waals surface area contributed by atoms with Gasteiger partial charge in [0.25, 0.3) is 0 Å². The van der Waals surface area contributed by atoms with Gasteiger partial charge < -0.3 is 11.1 Å². The van der Waals surface area contributed by atoms with Crippen LogP contribution in [0.3, 0.4) is 0 Å². The minimum Gasteiger partial charge on any atom is -0.326 e. The number of carbonyl (C=O) groups excluding carboxylic acids is 1. The first kappa shape index (κ1) is 15.3. The first-order valence-corrected chi connectivity index (χ1v) is 6.49. The van der Waals surface area contributed by atoms with Gasteiger partial charge in [-0.15, -0.1) is 0 Å². The highest BCUT2D eigenvalue weighted by Gasteiger charge is 2.15. The van der Waals surface area contributed by atoms with Gasteiger partial charge >= 0.3 is 0 Å². The number of anilines is 1. The molecule has 0 saturated carbocycles. The van der Waals surface area contributed by atoms with Crippen molar-refractivity contribution >= 4 is 34.8 Å². The van der Waals surface area contributed by atoms with Crippen LogP contribution in [0.1, 0.15) is 32.3 Å². The molecule has 1 aromatic rings. The van der Waals surface area contributed by atoms with Crippen molar-refractivity contribution < 1.29 is 4.79 Å². The fourth-order valence-electron chi connectivity index (χ4n) is 1.41. The Kier molecular flexibility index (Phi) is 5.02. The molecular formula is C13H18Cl2N2O. The molecule has 0 aliphatic carbocycles. The van der Waals surface area contributed by atoms with E-state index in [0.29, 0.717) is 28.6 Å². The summed E-state index contributed by atoms with van der Waals surface area (Å²) >= 11 is 12.1. The Morgan fingerprint density at radius 1 is 1.39 bits per heavy atom. The van der Waals surface area contributed by atoms with Crippen molar-refractivity contribution in [3.8, 4) is 0 Å². The van der Waals surface area contributed by atoms with Crippen molar-refractivity contribution in [2.75, 3.05) is 5.32 Å². The maximum atomic E-state index is 11.8. The summed E-state index contributed by atoms with van der Waals surface area (Å²) < 4.78 is 0. The molecule has 0 atom stereocenters. The van der Waals surface area contributed by atoms with Crippen LogP contribution in [0.5, 0.6) is 0 Å². The number of nitrogens with two attached hydrogens (primary N) is 1. The van der Waals surface area contributed by atoms with E-state index in [0.717, 1.165) is 5.56 Å². The van der Waals surface area contributed by atoms with E-state index in [1.54, 1.807) is 6.07 Å². The highest BCUT2D eigenvalue weighted by molar-refractivity contribution is 6.40. The second kappa shape index (κ2) is 5.91. The van der Waals surface area contributed by atoms with Gasteiger partial charge in [-0.05, 0) is 38.8 Å². The van der Waals surface area contributed by atoms with Crippen molar-refractivity contribution in [2.24, 2.45) is 5.73 Å². The summed E-state index contributed by atoms with van der Waals surface area (Å²) in [4.78, 5) is 11.8. The number of hydrogen-bond acceptors (Lipinski definition) is 2. The van der Waals surface area contributed by atoms with Crippen LogP contribution in [0.15, 0.2) is 12.1 Å². The quantitative estimate of drug-likeness (QED) is 0.886. The Morgan fingerprint density at radius 3 is 2.56 bits per heavy atom. The molecule has 3 nitrogen and oxygen atoms in total. The van der Waals surface area contributed by atoms with Crippen molar-refractivity contribution in [3.63, 3.8) is 0 Å². The van der Waals surface area contributed by atoms with E-state index < -0.39 is 0 Å². The Hall–Kier alpha value is -0.770.